The summed E-state index contributed by atoms with van der Waals surface area (Å²) < 4.78 is 235. The van der Waals surface area contributed by atoms with E-state index in [4.69, 9.17) is 46.3 Å². The SMILES string of the molecule is CC1CN(Cc2ccc(-c3noc(-c4ccc(OCC[18F])cc4)n3)cc2)C1.CCCNCc1ccc(-c2noc(-c3ccc(OCC[18F])c(C#N)c3)n2)cc1.CCCc1cn(Cc2ccc(-c3noc(-c4ccc(OCC[18F])c(C(F)(F)F)c4)n3)cc2)nn1.CCc1ccc(-c2noc(-c3ccc(OCCC[18F])c(C(F)(F)F)c3)n2)cc1.CCc1ccc(-c2noc(-c3ccc(OCC[18F])c(C(F)(F)F)c3)n2)cc1. The van der Waals surface area contributed by atoms with Gasteiger partial charge in [-0.2, -0.15) is 69.7 Å². The van der Waals surface area contributed by atoms with Crippen molar-refractivity contribution in [2.75, 3.05) is 86.0 Å². The molecule has 1 N–H and O–H groups in total. The van der Waals surface area contributed by atoms with Crippen LogP contribution in [0.4, 0.5) is 61.5 Å². The molecule has 6 aromatic heterocycles. The molecule has 26 nitrogen and oxygen atoms in total. The number of alkyl halides is 14. The fourth-order valence-electron chi connectivity index (χ4n) is 14.4. The predicted molar refractivity (Wildman–Crippen MR) is 506 cm³/mol. The number of nitrogens with one attached hydrogen (secondary N) is 1. The second-order valence-electron chi connectivity index (χ2n) is 32.5. The number of rotatable bonds is 38. The van der Waals surface area contributed by atoms with E-state index in [-0.39, 0.29) is 89.4 Å². The van der Waals surface area contributed by atoms with E-state index in [1.165, 1.54) is 48.5 Å². The Morgan fingerprint density at radius 2 is 0.708 bits per heavy atom. The topological polar surface area (TPSA) is 311 Å². The molecule has 16 aromatic rings. The average molecular weight is 1990 g/mol. The Labute approximate surface area is 817 Å². The van der Waals surface area contributed by atoms with E-state index in [2.05, 4.69) is 104 Å². The minimum Gasteiger partial charge on any atom is -0.493 e. The van der Waals surface area contributed by atoms with E-state index < -0.39 is 93.3 Å². The maximum Gasteiger partial charge on any atom is 0.419 e. The molecule has 0 spiro atoms. The normalized spacial score (nSPS) is 12.0. The highest BCUT2D eigenvalue weighted by Crippen LogP contribution is 2.43. The van der Waals surface area contributed by atoms with E-state index in [9.17, 15) is 66.7 Å². The summed E-state index contributed by atoms with van der Waals surface area (Å²) in [5.41, 5.74) is 9.42. The highest BCUT2D eigenvalue weighted by molar-refractivity contribution is 5.68. The number of likely N-dealkylation sites (tertiary alicyclic amines) is 1. The molecule has 10 aromatic carbocycles. The van der Waals surface area contributed by atoms with E-state index in [1.807, 2.05) is 135 Å². The van der Waals surface area contributed by atoms with Crippen LogP contribution in [0.3, 0.4) is 0 Å². The standard InChI is InChI=1S/C23H21F4N5O2.C21H21FN4O2.C21H22FN3O2.C20H18F4N2O2.C19H16F4N2O2/c1-2-3-18-14-32(31-29-18)13-15-4-6-16(7-5-15)21-28-22(34-30-21)17-8-9-20(33-11-10-24)19(12-17)23(25,26)27;1-2-10-24-14-15-3-5-16(6-4-15)20-25-21(28-26-20)17-7-8-19(27-11-9-22)18(12-17)13-23;1-15-12-25(13-15)14-16-2-4-17(5-3-16)20-23-21(27-24-20)18-6-8-19(9-7-18)26-11-10-22;1-2-13-4-6-14(7-5-13)18-25-19(28-26-18)15-8-9-17(27-11-3-10-21)16(12-15)20(22,23)24;1-2-12-3-5-13(6-4-12)17-24-18(27-25-17)14-7-8-16(26-10-9-20)15(11-14)19(21,22)23/h4-9,12,14H,2-3,10-11,13H2,1H3;3-8,12,24H,2,9-11,14H2,1H3;2-9,15H,10-14H2,1H3;4-9,12H,2-3,10-11H2,1H3;3-8,11H,2,9-10H2,1H3/i24-1;2*22-1;21-1;20-1. The summed E-state index contributed by atoms with van der Waals surface area (Å²) in [6, 6.07) is 62.8. The lowest BCUT2D eigenvalue weighted by Gasteiger charge is -2.37. The lowest BCUT2D eigenvalue weighted by atomic mass is 10.0. The first-order valence-electron chi connectivity index (χ1n) is 45.9. The number of hydrogen-bond acceptors (Lipinski definition) is 25. The molecule has 1 saturated heterocycles. The van der Waals surface area contributed by atoms with Gasteiger partial charge in [0.05, 0.1) is 47.8 Å². The number of nitriles is 1. The summed E-state index contributed by atoms with van der Waals surface area (Å²) in [6.07, 6.45) is -7.34. The molecule has 144 heavy (non-hydrogen) atoms. The van der Waals surface area contributed by atoms with E-state index in [0.29, 0.717) is 63.7 Å². The molecule has 40 heteroatoms. The maximum atomic E-state index is 13.4. The highest BCUT2D eigenvalue weighted by atomic mass is 19.4. The van der Waals surface area contributed by atoms with Gasteiger partial charge < -0.3 is 51.6 Å². The quantitative estimate of drug-likeness (QED) is 0.0277. The molecular weight excluding hydrogens is 1890 g/mol. The van der Waals surface area contributed by atoms with Crippen molar-refractivity contribution in [2.45, 2.75) is 111 Å². The van der Waals surface area contributed by atoms with Crippen molar-refractivity contribution in [2.24, 2.45) is 5.92 Å². The van der Waals surface area contributed by atoms with E-state index >= 15 is 0 Å². The summed E-state index contributed by atoms with van der Waals surface area (Å²) in [5, 5.41) is 40.6. The second kappa shape index (κ2) is 51.2. The third-order valence-electron chi connectivity index (χ3n) is 21.7. The third kappa shape index (κ3) is 29.6. The minimum atomic E-state index is -4.69. The zero-order chi connectivity index (χ0) is 102. The first-order valence-corrected chi connectivity index (χ1v) is 45.9. The van der Waals surface area contributed by atoms with Crippen LogP contribution in [0.15, 0.2) is 247 Å². The van der Waals surface area contributed by atoms with Gasteiger partial charge in [-0.25, -0.2) is 22.2 Å². The molecule has 0 aliphatic carbocycles. The Morgan fingerprint density at radius 1 is 0.375 bits per heavy atom. The van der Waals surface area contributed by atoms with Crippen LogP contribution >= 0.6 is 0 Å². The molecule has 7 heterocycles. The van der Waals surface area contributed by atoms with Gasteiger partial charge in [0.1, 0.15) is 87.9 Å². The van der Waals surface area contributed by atoms with Crippen molar-refractivity contribution in [3.63, 3.8) is 0 Å². The monoisotopic (exact) mass is 1990 g/mol. The smallest absolute Gasteiger partial charge is 0.419 e. The van der Waals surface area contributed by atoms with E-state index in [1.54, 1.807) is 47.1 Å². The average Bonchev–Trinajstić information content (AvgIpc) is 1.62. The van der Waals surface area contributed by atoms with Crippen LogP contribution in [-0.4, -0.2) is 157 Å². The maximum absolute atomic E-state index is 13.4. The first kappa shape index (κ1) is 106. The van der Waals surface area contributed by atoms with Gasteiger partial charge in [0.25, 0.3) is 29.5 Å². The molecule has 0 bridgehead atoms. The lowest BCUT2D eigenvalue weighted by Crippen LogP contribution is -2.44. The molecule has 0 unspecified atom stereocenters. The molecule has 1 fully saturated rings. The fraction of sp³-hybridized carbons (Fsp3) is 0.298. The van der Waals surface area contributed by atoms with Gasteiger partial charge in [-0.1, -0.05) is 193 Å². The van der Waals surface area contributed by atoms with Gasteiger partial charge in [-0.15, -0.1) is 5.10 Å². The Balaban J connectivity index is 0.000000151. The molecule has 17 rings (SSSR count). The number of aromatic nitrogens is 13. The second-order valence-corrected chi connectivity index (χ2v) is 32.5. The van der Waals surface area contributed by atoms with Crippen molar-refractivity contribution >= 4 is 0 Å². The van der Waals surface area contributed by atoms with Crippen molar-refractivity contribution in [3.05, 3.63) is 280 Å². The van der Waals surface area contributed by atoms with Crippen LogP contribution < -0.4 is 29.0 Å². The minimum absolute atomic E-state index is 0.0168. The fourth-order valence-corrected chi connectivity index (χ4v) is 14.4. The molecular formula is C104H98F14N16O10. The summed E-state index contributed by atoms with van der Waals surface area (Å²) in [4.78, 5) is 23.9. The van der Waals surface area contributed by atoms with Crippen molar-refractivity contribution in [1.29, 1.82) is 5.26 Å². The lowest BCUT2D eigenvalue weighted by molar-refractivity contribution is -0.139. The van der Waals surface area contributed by atoms with Crippen LogP contribution in [0.5, 0.6) is 28.7 Å². The highest BCUT2D eigenvalue weighted by Gasteiger charge is 2.38. The third-order valence-corrected chi connectivity index (χ3v) is 21.7. The van der Waals surface area contributed by atoms with E-state index in [0.717, 1.165) is 127 Å². The number of benzene rings is 10. The van der Waals surface area contributed by atoms with Crippen LogP contribution in [0, 0.1) is 17.2 Å². The first-order chi connectivity index (χ1) is 69.7. The summed E-state index contributed by atoms with van der Waals surface area (Å²) in [7, 11) is 0. The summed E-state index contributed by atoms with van der Waals surface area (Å²) in [5.74, 6) is 2.91. The van der Waals surface area contributed by atoms with Gasteiger partial charge in [-0.05, 0) is 163 Å². The zero-order valence-electron chi connectivity index (χ0n) is 78.6. The van der Waals surface area contributed by atoms with Crippen molar-refractivity contribution < 1.29 is 108 Å². The van der Waals surface area contributed by atoms with Gasteiger partial charge in [-0.3, -0.25) is 9.29 Å². The van der Waals surface area contributed by atoms with Crippen LogP contribution in [0.1, 0.15) is 110 Å². The van der Waals surface area contributed by atoms with Crippen LogP contribution in [0.2, 0.25) is 0 Å². The summed E-state index contributed by atoms with van der Waals surface area (Å²) >= 11 is 0. The number of aryl methyl sites for hydroxylation is 3. The zero-order valence-corrected chi connectivity index (χ0v) is 78.6. The van der Waals surface area contributed by atoms with Crippen molar-refractivity contribution in [3.8, 4) is 149 Å². The molecule has 1 aliphatic heterocycles. The van der Waals surface area contributed by atoms with Gasteiger partial charge in [0.15, 0.2) is 0 Å². The number of hydrogen-bond donors (Lipinski definition) is 1. The van der Waals surface area contributed by atoms with Gasteiger partial charge >= 0.3 is 18.5 Å². The molecule has 1 aliphatic rings. The van der Waals surface area contributed by atoms with Crippen LogP contribution in [0.25, 0.3) is 114 Å². The molecule has 0 atom stereocenters. The largest absolute Gasteiger partial charge is 0.493 e. The number of nitrogens with zero attached hydrogens (tertiary/aromatic N) is 15. The van der Waals surface area contributed by atoms with Gasteiger partial charge in [0.2, 0.25) is 29.1 Å². The molecule has 0 radical (unpaired) electrons. The van der Waals surface area contributed by atoms with Crippen LogP contribution in [-0.2, 0) is 57.4 Å². The van der Waals surface area contributed by atoms with Crippen molar-refractivity contribution in [1.82, 2.24) is 75.9 Å². The Hall–Kier alpha value is -15.5. The molecule has 752 valence electrons. The van der Waals surface area contributed by atoms with Gasteiger partial charge in [0, 0.05) is 94.4 Å². The summed E-state index contributed by atoms with van der Waals surface area (Å²) in [6.45, 7) is 11.5. The Bertz CT molecular complexity index is 6750. The Kier molecular flexibility index (Phi) is 37.6. The predicted octanol–water partition coefficient (Wildman–Crippen LogP) is 24.7. The molecule has 0 amide bonds. The number of halogens is 14. The number of ether oxygens (including phenoxy) is 5. The molecule has 0 saturated carbocycles. The Morgan fingerprint density at radius 3 is 1.06 bits per heavy atom.